The maximum atomic E-state index is 12.3. The van der Waals surface area contributed by atoms with E-state index in [0.29, 0.717) is 28.5 Å². The molecule has 0 aliphatic carbocycles. The Labute approximate surface area is 147 Å². The molecule has 0 fully saturated rings. The fraction of sp³-hybridized carbons (Fsp3) is 0.111. The molecule has 0 amide bonds. The van der Waals surface area contributed by atoms with Crippen LogP contribution in [0.25, 0.3) is 11.4 Å². The molecule has 1 aromatic carbocycles. The first-order valence-corrected chi connectivity index (χ1v) is 7.77. The maximum absolute atomic E-state index is 12.3. The summed E-state index contributed by atoms with van der Waals surface area (Å²) in [6.07, 6.45) is 1.60. The van der Waals surface area contributed by atoms with E-state index < -0.39 is 17.6 Å². The highest BCUT2D eigenvalue weighted by Gasteiger charge is 2.27. The highest BCUT2D eigenvalue weighted by atomic mass is 16.7. The monoisotopic (exact) mass is 351 g/mol. The number of aliphatic carboxylic acids is 1. The lowest BCUT2D eigenvalue weighted by molar-refractivity contribution is -0.139. The number of carbonyl (C=O) groups is 1. The summed E-state index contributed by atoms with van der Waals surface area (Å²) in [5.74, 6) is -0.250. The first kappa shape index (κ1) is 15.8. The summed E-state index contributed by atoms with van der Waals surface area (Å²) >= 11 is 0. The highest BCUT2D eigenvalue weighted by molar-refractivity contribution is 5.76. The van der Waals surface area contributed by atoms with Gasteiger partial charge >= 0.3 is 5.97 Å². The first-order chi connectivity index (χ1) is 12.6. The average Bonchev–Trinajstić information content (AvgIpc) is 3.12. The van der Waals surface area contributed by atoms with Crippen LogP contribution in [-0.4, -0.2) is 32.6 Å². The average molecular weight is 351 g/mol. The Kier molecular flexibility index (Phi) is 3.85. The van der Waals surface area contributed by atoms with Crippen LogP contribution in [0.5, 0.6) is 11.5 Å². The van der Waals surface area contributed by atoms with Gasteiger partial charge in [-0.05, 0) is 35.9 Å². The van der Waals surface area contributed by atoms with Crippen molar-refractivity contribution in [1.29, 1.82) is 0 Å². The van der Waals surface area contributed by atoms with Gasteiger partial charge in [-0.25, -0.2) is 9.48 Å². The van der Waals surface area contributed by atoms with Crippen LogP contribution >= 0.6 is 0 Å². The molecule has 0 saturated carbocycles. The lowest BCUT2D eigenvalue weighted by Crippen LogP contribution is -2.32. The standard InChI is InChI=1S/C18H13N3O5/c22-16-7-5-13(12-3-1-2-8-19-12)20-21(16)17(18(23)24)11-4-6-14-15(9-11)26-10-25-14/h1-9,17H,10H2,(H,23,24). The van der Waals surface area contributed by atoms with Gasteiger partial charge in [0.15, 0.2) is 17.5 Å². The Bertz CT molecular complexity index is 1030. The van der Waals surface area contributed by atoms with Crippen LogP contribution < -0.4 is 15.0 Å². The van der Waals surface area contributed by atoms with Gasteiger partial charge in [0.1, 0.15) is 5.69 Å². The number of hydrogen-bond donors (Lipinski definition) is 1. The van der Waals surface area contributed by atoms with Crippen LogP contribution in [0, 0.1) is 0 Å². The topological polar surface area (TPSA) is 104 Å². The van der Waals surface area contributed by atoms with Crippen molar-refractivity contribution in [1.82, 2.24) is 14.8 Å². The molecule has 3 heterocycles. The predicted molar refractivity (Wildman–Crippen MR) is 90.1 cm³/mol. The van der Waals surface area contributed by atoms with Gasteiger partial charge < -0.3 is 14.6 Å². The number of fused-ring (bicyclic) bond motifs is 1. The van der Waals surface area contributed by atoms with Gasteiger partial charge in [-0.1, -0.05) is 12.1 Å². The molecule has 130 valence electrons. The molecule has 0 saturated heterocycles. The second-order valence-electron chi connectivity index (χ2n) is 5.57. The third-order valence-electron chi connectivity index (χ3n) is 3.94. The largest absolute Gasteiger partial charge is 0.479 e. The summed E-state index contributed by atoms with van der Waals surface area (Å²) < 4.78 is 11.5. The van der Waals surface area contributed by atoms with Gasteiger partial charge in [0.2, 0.25) is 6.79 Å². The smallest absolute Gasteiger partial charge is 0.333 e. The van der Waals surface area contributed by atoms with Crippen molar-refractivity contribution in [2.45, 2.75) is 6.04 Å². The summed E-state index contributed by atoms with van der Waals surface area (Å²) in [5, 5.41) is 13.9. The van der Waals surface area contributed by atoms with Gasteiger partial charge in [0.05, 0.1) is 5.69 Å². The first-order valence-electron chi connectivity index (χ1n) is 7.77. The van der Waals surface area contributed by atoms with Gasteiger partial charge in [0.25, 0.3) is 5.56 Å². The Balaban J connectivity index is 1.83. The summed E-state index contributed by atoms with van der Waals surface area (Å²) in [7, 11) is 0. The van der Waals surface area contributed by atoms with E-state index in [9.17, 15) is 14.7 Å². The van der Waals surface area contributed by atoms with Crippen molar-refractivity contribution in [3.05, 3.63) is 70.6 Å². The van der Waals surface area contributed by atoms with Crippen molar-refractivity contribution in [3.63, 3.8) is 0 Å². The minimum atomic E-state index is -1.30. The van der Waals surface area contributed by atoms with Gasteiger partial charge in [-0.15, -0.1) is 0 Å². The number of nitrogens with zero attached hydrogens (tertiary/aromatic N) is 3. The minimum absolute atomic E-state index is 0.0733. The van der Waals surface area contributed by atoms with E-state index in [1.54, 1.807) is 42.6 Å². The van der Waals surface area contributed by atoms with E-state index >= 15 is 0 Å². The van der Waals surface area contributed by atoms with Crippen LogP contribution in [0.4, 0.5) is 0 Å². The summed E-state index contributed by atoms with van der Waals surface area (Å²) in [6, 6.07) is 11.5. The molecule has 0 bridgehead atoms. The molecule has 8 heteroatoms. The Morgan fingerprint density at radius 2 is 1.92 bits per heavy atom. The molecule has 1 aliphatic rings. The Morgan fingerprint density at radius 1 is 1.08 bits per heavy atom. The van der Waals surface area contributed by atoms with E-state index in [1.807, 2.05) is 0 Å². The normalized spacial score (nSPS) is 13.4. The highest BCUT2D eigenvalue weighted by Crippen LogP contribution is 2.34. The number of hydrogen-bond acceptors (Lipinski definition) is 6. The van der Waals surface area contributed by atoms with E-state index in [2.05, 4.69) is 10.1 Å². The van der Waals surface area contributed by atoms with Crippen LogP contribution in [0.1, 0.15) is 11.6 Å². The van der Waals surface area contributed by atoms with Crippen LogP contribution in [0.2, 0.25) is 0 Å². The zero-order valence-corrected chi connectivity index (χ0v) is 13.4. The van der Waals surface area contributed by atoms with Crippen LogP contribution in [0.15, 0.2) is 59.5 Å². The van der Waals surface area contributed by atoms with Crippen molar-refractivity contribution < 1.29 is 19.4 Å². The second kappa shape index (κ2) is 6.32. The summed E-state index contributed by atoms with van der Waals surface area (Å²) in [6.45, 7) is 0.0733. The number of carboxylic acids is 1. The Hall–Kier alpha value is -3.68. The molecule has 3 aromatic rings. The molecular formula is C18H13N3O5. The zero-order valence-electron chi connectivity index (χ0n) is 13.4. The van der Waals surface area contributed by atoms with Gasteiger partial charge in [-0.2, -0.15) is 5.10 Å². The molecule has 1 unspecified atom stereocenters. The number of ether oxygens (including phenoxy) is 2. The number of benzene rings is 1. The minimum Gasteiger partial charge on any atom is -0.479 e. The van der Waals surface area contributed by atoms with E-state index in [-0.39, 0.29) is 6.79 Å². The third-order valence-corrected chi connectivity index (χ3v) is 3.94. The molecule has 26 heavy (non-hydrogen) atoms. The van der Waals surface area contributed by atoms with E-state index in [4.69, 9.17) is 9.47 Å². The maximum Gasteiger partial charge on any atom is 0.333 e. The predicted octanol–water partition coefficient (Wildman–Crippen LogP) is 1.71. The van der Waals surface area contributed by atoms with Gasteiger partial charge in [-0.3, -0.25) is 9.78 Å². The molecular weight excluding hydrogens is 338 g/mol. The zero-order chi connectivity index (χ0) is 18.1. The number of aromatic nitrogens is 3. The molecule has 1 aliphatic heterocycles. The third kappa shape index (κ3) is 2.77. The quantitative estimate of drug-likeness (QED) is 0.763. The van der Waals surface area contributed by atoms with Crippen LogP contribution in [0.3, 0.4) is 0 Å². The molecule has 8 nitrogen and oxygen atoms in total. The van der Waals surface area contributed by atoms with Crippen molar-refractivity contribution in [3.8, 4) is 22.9 Å². The molecule has 1 N–H and O–H groups in total. The molecule has 0 radical (unpaired) electrons. The van der Waals surface area contributed by atoms with Crippen molar-refractivity contribution in [2.24, 2.45) is 0 Å². The van der Waals surface area contributed by atoms with Crippen LogP contribution in [-0.2, 0) is 4.79 Å². The SMILES string of the molecule is O=C(O)C(c1ccc2c(c1)OCO2)n1nc(-c2ccccn2)ccc1=O. The fourth-order valence-electron chi connectivity index (χ4n) is 2.73. The lowest BCUT2D eigenvalue weighted by Gasteiger charge is -2.16. The fourth-order valence-corrected chi connectivity index (χ4v) is 2.73. The molecule has 1 atom stereocenters. The number of carboxylic acid groups (broad SMARTS) is 1. The lowest BCUT2D eigenvalue weighted by atomic mass is 10.1. The summed E-state index contributed by atoms with van der Waals surface area (Å²) in [4.78, 5) is 28.4. The Morgan fingerprint density at radius 3 is 2.69 bits per heavy atom. The molecule has 2 aromatic heterocycles. The molecule has 4 rings (SSSR count). The molecule has 0 spiro atoms. The summed E-state index contributed by atoms with van der Waals surface area (Å²) in [5.41, 5.74) is 0.762. The number of pyridine rings is 1. The van der Waals surface area contributed by atoms with Crippen molar-refractivity contribution >= 4 is 5.97 Å². The second-order valence-corrected chi connectivity index (χ2v) is 5.57. The van der Waals surface area contributed by atoms with Crippen molar-refractivity contribution in [2.75, 3.05) is 6.79 Å². The van der Waals surface area contributed by atoms with Gasteiger partial charge in [0, 0.05) is 12.3 Å². The van der Waals surface area contributed by atoms with E-state index in [0.717, 1.165) is 4.68 Å². The number of rotatable bonds is 4. The van der Waals surface area contributed by atoms with E-state index in [1.165, 1.54) is 12.1 Å².